The van der Waals surface area contributed by atoms with Crippen molar-refractivity contribution in [3.8, 4) is 22.8 Å². The Hall–Kier alpha value is -3.68. The summed E-state index contributed by atoms with van der Waals surface area (Å²) in [6.07, 6.45) is 1.68. The van der Waals surface area contributed by atoms with Gasteiger partial charge in [0.05, 0.1) is 25.8 Å². The summed E-state index contributed by atoms with van der Waals surface area (Å²) in [6, 6.07) is 15.2. The van der Waals surface area contributed by atoms with Crippen LogP contribution in [-0.2, 0) is 4.79 Å². The molecule has 1 fully saturated rings. The number of nitrogens with zero attached hydrogens (tertiary/aromatic N) is 3. The fourth-order valence-corrected chi connectivity index (χ4v) is 3.83. The van der Waals surface area contributed by atoms with Crippen molar-refractivity contribution in [1.82, 2.24) is 10.2 Å². The third kappa shape index (κ3) is 4.80. The summed E-state index contributed by atoms with van der Waals surface area (Å²) in [6.45, 7) is 1.37. The van der Waals surface area contributed by atoms with Crippen molar-refractivity contribution in [1.29, 1.82) is 0 Å². The zero-order valence-corrected chi connectivity index (χ0v) is 18.0. The van der Waals surface area contributed by atoms with Gasteiger partial charge in [0.1, 0.15) is 5.82 Å². The molecule has 1 aliphatic rings. The Morgan fingerprint density at radius 1 is 1.03 bits per heavy atom. The molecule has 32 heavy (non-hydrogen) atoms. The van der Waals surface area contributed by atoms with Crippen LogP contribution in [-0.4, -0.2) is 43.4 Å². The highest BCUT2D eigenvalue weighted by Gasteiger charge is 2.27. The first kappa shape index (κ1) is 21.5. The molecule has 1 saturated heterocycles. The van der Waals surface area contributed by atoms with Gasteiger partial charge in [-0.3, -0.25) is 4.79 Å². The average Bonchev–Trinajstić information content (AvgIpc) is 2.84. The lowest BCUT2D eigenvalue weighted by Crippen LogP contribution is -2.41. The first-order valence-corrected chi connectivity index (χ1v) is 10.4. The number of benzene rings is 2. The van der Waals surface area contributed by atoms with E-state index in [1.54, 1.807) is 44.6 Å². The first-order chi connectivity index (χ1) is 15.6. The maximum atomic E-state index is 13.1. The number of aromatic nitrogens is 2. The summed E-state index contributed by atoms with van der Waals surface area (Å²) in [5.41, 5.74) is 2.14. The molecule has 7 nitrogen and oxygen atoms in total. The lowest BCUT2D eigenvalue weighted by Gasteiger charge is -2.32. The van der Waals surface area contributed by atoms with Gasteiger partial charge in [0, 0.05) is 30.4 Å². The Morgan fingerprint density at radius 3 is 2.50 bits per heavy atom. The van der Waals surface area contributed by atoms with Gasteiger partial charge >= 0.3 is 0 Å². The van der Waals surface area contributed by atoms with Crippen LogP contribution in [0.5, 0.6) is 11.5 Å². The van der Waals surface area contributed by atoms with Crippen LogP contribution in [0.1, 0.15) is 12.8 Å². The molecule has 0 spiro atoms. The molecule has 2 heterocycles. The average molecular weight is 436 g/mol. The van der Waals surface area contributed by atoms with E-state index in [1.165, 1.54) is 12.1 Å². The molecule has 1 aliphatic heterocycles. The molecular weight excluding hydrogens is 411 g/mol. The highest BCUT2D eigenvalue weighted by molar-refractivity contribution is 5.93. The van der Waals surface area contributed by atoms with E-state index in [0.717, 1.165) is 30.8 Å². The zero-order chi connectivity index (χ0) is 22.5. The Labute approximate surface area is 186 Å². The predicted molar refractivity (Wildman–Crippen MR) is 121 cm³/mol. The number of amides is 1. The van der Waals surface area contributed by atoms with Gasteiger partial charge in [-0.15, -0.1) is 10.2 Å². The molecule has 1 atom stereocenters. The number of hydrogen-bond donors (Lipinski definition) is 1. The molecule has 0 radical (unpaired) electrons. The van der Waals surface area contributed by atoms with Crippen LogP contribution in [0.15, 0.2) is 54.6 Å². The Bertz CT molecular complexity index is 1070. The number of nitrogens with one attached hydrogen (secondary N) is 1. The van der Waals surface area contributed by atoms with Crippen LogP contribution in [0.25, 0.3) is 11.3 Å². The van der Waals surface area contributed by atoms with E-state index < -0.39 is 0 Å². The smallest absolute Gasteiger partial charge is 0.229 e. The number of methoxy groups -OCH3 is 2. The summed E-state index contributed by atoms with van der Waals surface area (Å²) in [4.78, 5) is 15.0. The van der Waals surface area contributed by atoms with Gasteiger partial charge in [0.2, 0.25) is 5.91 Å². The van der Waals surface area contributed by atoms with Crippen molar-refractivity contribution in [2.75, 3.05) is 37.5 Å². The van der Waals surface area contributed by atoms with Crippen LogP contribution >= 0.6 is 0 Å². The molecule has 4 rings (SSSR count). The summed E-state index contributed by atoms with van der Waals surface area (Å²) in [5, 5.41) is 11.6. The highest BCUT2D eigenvalue weighted by atomic mass is 19.1. The molecule has 166 valence electrons. The third-order valence-electron chi connectivity index (χ3n) is 5.56. The molecule has 0 saturated carbocycles. The second-order valence-electron chi connectivity index (χ2n) is 7.63. The second-order valence-corrected chi connectivity index (χ2v) is 7.63. The maximum Gasteiger partial charge on any atom is 0.229 e. The molecule has 1 amide bonds. The van der Waals surface area contributed by atoms with Crippen molar-refractivity contribution in [2.24, 2.45) is 5.92 Å². The SMILES string of the molecule is COc1ccc(NC(=O)C2CCCN(c3ccc(-c4ccc(F)cc4)nn3)C2)cc1OC. The van der Waals surface area contributed by atoms with Gasteiger partial charge in [-0.05, 0) is 61.4 Å². The van der Waals surface area contributed by atoms with E-state index in [9.17, 15) is 9.18 Å². The lowest BCUT2D eigenvalue weighted by molar-refractivity contribution is -0.120. The molecule has 1 aromatic heterocycles. The zero-order valence-electron chi connectivity index (χ0n) is 18.0. The molecule has 8 heteroatoms. The minimum atomic E-state index is -0.288. The second kappa shape index (κ2) is 9.64. The van der Waals surface area contributed by atoms with Gasteiger partial charge in [0.25, 0.3) is 0 Å². The van der Waals surface area contributed by atoms with E-state index in [-0.39, 0.29) is 17.6 Å². The molecular formula is C24H25FN4O3. The summed E-state index contributed by atoms with van der Waals surface area (Å²) in [7, 11) is 3.13. The van der Waals surface area contributed by atoms with Crippen LogP contribution < -0.4 is 19.7 Å². The monoisotopic (exact) mass is 436 g/mol. The van der Waals surface area contributed by atoms with Crippen molar-refractivity contribution >= 4 is 17.4 Å². The lowest BCUT2D eigenvalue weighted by atomic mass is 9.97. The summed E-state index contributed by atoms with van der Waals surface area (Å²) < 4.78 is 23.7. The fraction of sp³-hybridized carbons (Fsp3) is 0.292. The first-order valence-electron chi connectivity index (χ1n) is 10.4. The molecule has 1 N–H and O–H groups in total. The van der Waals surface area contributed by atoms with Gasteiger partial charge in [-0.1, -0.05) is 0 Å². The maximum absolute atomic E-state index is 13.1. The molecule has 0 aliphatic carbocycles. The van der Waals surface area contributed by atoms with Crippen LogP contribution in [0.2, 0.25) is 0 Å². The molecule has 1 unspecified atom stereocenters. The number of halogens is 1. The topological polar surface area (TPSA) is 76.6 Å². The van der Waals surface area contributed by atoms with Crippen molar-refractivity contribution in [2.45, 2.75) is 12.8 Å². The number of hydrogen-bond acceptors (Lipinski definition) is 6. The largest absolute Gasteiger partial charge is 0.493 e. The van der Waals surface area contributed by atoms with E-state index in [2.05, 4.69) is 20.4 Å². The number of piperidine rings is 1. The number of rotatable bonds is 6. The van der Waals surface area contributed by atoms with Crippen molar-refractivity contribution in [3.05, 3.63) is 60.4 Å². The quantitative estimate of drug-likeness (QED) is 0.626. The minimum Gasteiger partial charge on any atom is -0.493 e. The van der Waals surface area contributed by atoms with Crippen LogP contribution in [0, 0.1) is 11.7 Å². The third-order valence-corrected chi connectivity index (χ3v) is 5.56. The van der Waals surface area contributed by atoms with Gasteiger partial charge in [-0.2, -0.15) is 0 Å². The van der Waals surface area contributed by atoms with E-state index in [4.69, 9.17) is 9.47 Å². The van der Waals surface area contributed by atoms with Crippen LogP contribution in [0.3, 0.4) is 0 Å². The standard InChI is InChI=1S/C24H25FN4O3/c1-31-21-11-9-19(14-22(21)32-2)26-24(30)17-4-3-13-29(15-17)23-12-10-20(27-28-23)16-5-7-18(25)8-6-16/h5-12,14,17H,3-4,13,15H2,1-2H3,(H,26,30). The Morgan fingerprint density at radius 2 is 1.81 bits per heavy atom. The predicted octanol–water partition coefficient (Wildman–Crippen LogP) is 4.16. The molecule has 0 bridgehead atoms. The van der Waals surface area contributed by atoms with Crippen molar-refractivity contribution < 1.29 is 18.7 Å². The highest BCUT2D eigenvalue weighted by Crippen LogP contribution is 2.30. The normalized spacial score (nSPS) is 15.8. The fourth-order valence-electron chi connectivity index (χ4n) is 3.83. The Balaban J connectivity index is 1.41. The molecule has 2 aromatic carbocycles. The Kier molecular flexibility index (Phi) is 6.49. The van der Waals surface area contributed by atoms with Gasteiger partial charge in [0.15, 0.2) is 17.3 Å². The van der Waals surface area contributed by atoms with Gasteiger partial charge < -0.3 is 19.7 Å². The summed E-state index contributed by atoms with van der Waals surface area (Å²) in [5.74, 6) is 1.39. The number of anilines is 2. The number of carbonyl (C=O) groups excluding carboxylic acids is 1. The van der Waals surface area contributed by atoms with Gasteiger partial charge in [-0.25, -0.2) is 4.39 Å². The minimum absolute atomic E-state index is 0.0437. The van der Waals surface area contributed by atoms with Crippen LogP contribution in [0.4, 0.5) is 15.9 Å². The van der Waals surface area contributed by atoms with Crippen molar-refractivity contribution in [3.63, 3.8) is 0 Å². The summed E-state index contributed by atoms with van der Waals surface area (Å²) >= 11 is 0. The number of ether oxygens (including phenoxy) is 2. The molecule has 3 aromatic rings. The van der Waals surface area contributed by atoms with E-state index in [0.29, 0.717) is 29.4 Å². The van der Waals surface area contributed by atoms with E-state index >= 15 is 0 Å². The number of carbonyl (C=O) groups is 1. The van der Waals surface area contributed by atoms with E-state index in [1.807, 2.05) is 12.1 Å².